The second kappa shape index (κ2) is 5.88. The summed E-state index contributed by atoms with van der Waals surface area (Å²) in [5, 5.41) is 0. The summed E-state index contributed by atoms with van der Waals surface area (Å²) in [7, 11) is -4.05. The largest absolute Gasteiger partial charge is 1.00 e. The van der Waals surface area contributed by atoms with Crippen LogP contribution in [0.25, 0.3) is 0 Å². The average Bonchev–Trinajstić information content (AvgIpc) is 1.59. The van der Waals surface area contributed by atoms with Gasteiger partial charge in [-0.15, -0.1) is 0 Å². The van der Waals surface area contributed by atoms with Crippen LogP contribution in [-0.4, -0.2) is 18.7 Å². The van der Waals surface area contributed by atoms with Crippen molar-refractivity contribution in [2.45, 2.75) is 0 Å². The van der Waals surface area contributed by atoms with Crippen molar-refractivity contribution < 1.29 is 42.5 Å². The Hall–Kier alpha value is 1.13. The van der Waals surface area contributed by atoms with Crippen LogP contribution in [0.5, 0.6) is 0 Å². The van der Waals surface area contributed by atoms with Gasteiger partial charge in [0.2, 0.25) is 0 Å². The maximum Gasteiger partial charge on any atom is 1.00 e. The Balaban J connectivity index is 0. The van der Waals surface area contributed by atoms with Crippen molar-refractivity contribution in [3.05, 3.63) is 11.1 Å². The van der Waals surface area contributed by atoms with Gasteiger partial charge in [-0.2, -0.15) is 0 Å². The normalized spacial score (nSPS) is 11.3. The molecule has 0 bridgehead atoms. The van der Waals surface area contributed by atoms with Crippen LogP contribution in [0.15, 0.2) is 11.1 Å². The summed E-state index contributed by atoms with van der Waals surface area (Å²) >= 11 is 2.82. The Bertz CT molecular complexity index is 173. The number of hydrogen-bond donors (Lipinski definition) is 0. The van der Waals surface area contributed by atoms with Crippen molar-refractivity contribution in [3.8, 4) is 0 Å². The van der Waals surface area contributed by atoms with E-state index in [9.17, 15) is 13.0 Å². The molecule has 0 aromatic rings. The van der Waals surface area contributed by atoms with Gasteiger partial charge in [0.15, 0.2) is 0 Å². The van der Waals surface area contributed by atoms with Crippen molar-refractivity contribution in [2.75, 3.05) is 5.75 Å². The summed E-state index contributed by atoms with van der Waals surface area (Å²) in [6.07, 6.45) is 1.22. The quantitative estimate of drug-likeness (QED) is 0.382. The minimum absolute atomic E-state index is 0. The fraction of sp³-hybridized carbons (Fsp3) is 0.333. The second-order valence-corrected chi connectivity index (χ2v) is 3.06. The molecule has 3 nitrogen and oxygen atoms in total. The molecule has 0 radical (unpaired) electrons. The van der Waals surface area contributed by atoms with Gasteiger partial charge < -0.3 is 4.55 Å². The molecule has 9 heavy (non-hydrogen) atoms. The predicted molar refractivity (Wildman–Crippen MR) is 32.6 cm³/mol. The molecule has 0 N–H and O–H groups in total. The molecular formula is C3H4BrNaO3S. The minimum Gasteiger partial charge on any atom is -0.748 e. The van der Waals surface area contributed by atoms with E-state index in [2.05, 4.69) is 15.9 Å². The first-order valence-corrected chi connectivity index (χ1v) is 4.24. The third-order valence-corrected chi connectivity index (χ3v) is 1.36. The zero-order valence-electron chi connectivity index (χ0n) is 4.87. The van der Waals surface area contributed by atoms with Gasteiger partial charge in [0.25, 0.3) is 0 Å². The number of hydrogen-bond acceptors (Lipinski definition) is 3. The van der Waals surface area contributed by atoms with Gasteiger partial charge in [-0.05, 0) is 4.99 Å². The molecule has 0 heterocycles. The molecule has 0 aliphatic heterocycles. The van der Waals surface area contributed by atoms with E-state index in [1.54, 1.807) is 0 Å². The van der Waals surface area contributed by atoms with Crippen LogP contribution in [0.4, 0.5) is 0 Å². The topological polar surface area (TPSA) is 57.2 Å². The standard InChI is InChI=1S/C3H5BrO3S.Na/c4-2-1-3-8(5,6)7;/h1-2H,3H2,(H,5,6,7);/q;+1/p-1. The Kier molecular flexibility index (Phi) is 8.35. The monoisotopic (exact) mass is 222 g/mol. The summed E-state index contributed by atoms with van der Waals surface area (Å²) in [6.45, 7) is 0. The molecule has 0 aliphatic carbocycles. The van der Waals surface area contributed by atoms with Gasteiger partial charge in [0, 0.05) is 0 Å². The van der Waals surface area contributed by atoms with E-state index in [0.29, 0.717) is 0 Å². The SMILES string of the molecule is O=S(=O)([O-])CC=CBr.[Na+]. The molecule has 0 saturated heterocycles. The zero-order valence-corrected chi connectivity index (χ0v) is 9.28. The fourth-order valence-electron chi connectivity index (χ4n) is 0.154. The molecule has 0 aliphatic rings. The van der Waals surface area contributed by atoms with Gasteiger partial charge >= 0.3 is 29.6 Å². The molecule has 0 rings (SSSR count). The van der Waals surface area contributed by atoms with E-state index in [0.717, 1.165) is 0 Å². The van der Waals surface area contributed by atoms with Crippen LogP contribution >= 0.6 is 15.9 Å². The van der Waals surface area contributed by atoms with Crippen molar-refractivity contribution in [1.29, 1.82) is 0 Å². The van der Waals surface area contributed by atoms with Crippen LogP contribution in [0.3, 0.4) is 0 Å². The van der Waals surface area contributed by atoms with E-state index in [4.69, 9.17) is 0 Å². The first kappa shape index (κ1) is 12.8. The van der Waals surface area contributed by atoms with E-state index in [-0.39, 0.29) is 29.6 Å². The van der Waals surface area contributed by atoms with Crippen molar-refractivity contribution in [2.24, 2.45) is 0 Å². The number of halogens is 1. The third-order valence-electron chi connectivity index (χ3n) is 0.389. The van der Waals surface area contributed by atoms with Crippen LogP contribution in [0.1, 0.15) is 0 Å². The zero-order chi connectivity index (χ0) is 6.62. The molecule has 0 atom stereocenters. The first-order chi connectivity index (χ1) is 3.56. The van der Waals surface area contributed by atoms with E-state index >= 15 is 0 Å². The van der Waals surface area contributed by atoms with Crippen LogP contribution in [0.2, 0.25) is 0 Å². The first-order valence-electron chi connectivity index (χ1n) is 1.75. The minimum atomic E-state index is -4.05. The predicted octanol–water partition coefficient (Wildman–Crippen LogP) is -2.56. The van der Waals surface area contributed by atoms with Crippen molar-refractivity contribution >= 4 is 26.0 Å². The molecule has 0 aromatic carbocycles. The number of rotatable bonds is 2. The van der Waals surface area contributed by atoms with Crippen LogP contribution in [0, 0.1) is 0 Å². The van der Waals surface area contributed by atoms with Gasteiger partial charge in [0.1, 0.15) is 0 Å². The Labute approximate surface area is 84.7 Å². The molecule has 0 spiro atoms. The van der Waals surface area contributed by atoms with Crippen molar-refractivity contribution in [1.82, 2.24) is 0 Å². The maximum atomic E-state index is 9.76. The molecule has 0 amide bonds. The fourth-order valence-corrected chi connectivity index (χ4v) is 0.921. The molecule has 6 heteroatoms. The van der Waals surface area contributed by atoms with Gasteiger partial charge in [0.05, 0.1) is 15.9 Å². The maximum absolute atomic E-state index is 9.76. The summed E-state index contributed by atoms with van der Waals surface area (Å²) in [5.41, 5.74) is 0. The smallest absolute Gasteiger partial charge is 0.748 e. The molecular weight excluding hydrogens is 219 g/mol. The molecule has 0 saturated carbocycles. The summed E-state index contributed by atoms with van der Waals surface area (Å²) in [5.74, 6) is -0.446. The van der Waals surface area contributed by atoms with Crippen molar-refractivity contribution in [3.63, 3.8) is 0 Å². The molecule has 0 aromatic heterocycles. The molecule has 0 unspecified atom stereocenters. The Morgan fingerprint density at radius 2 is 2.00 bits per heavy atom. The Morgan fingerprint density at radius 1 is 1.56 bits per heavy atom. The molecule has 0 fully saturated rings. The van der Waals surface area contributed by atoms with E-state index < -0.39 is 15.9 Å². The van der Waals surface area contributed by atoms with Gasteiger partial charge in [-0.3, -0.25) is 0 Å². The average molecular weight is 223 g/mol. The Morgan fingerprint density at radius 3 is 2.11 bits per heavy atom. The van der Waals surface area contributed by atoms with E-state index in [1.807, 2.05) is 0 Å². The summed E-state index contributed by atoms with van der Waals surface area (Å²) in [6, 6.07) is 0. The van der Waals surface area contributed by atoms with Gasteiger partial charge in [-0.1, -0.05) is 22.0 Å². The molecule has 48 valence electrons. The summed E-state index contributed by atoms with van der Waals surface area (Å²) in [4.78, 5) is 1.34. The van der Waals surface area contributed by atoms with Crippen LogP contribution in [-0.2, 0) is 10.1 Å². The van der Waals surface area contributed by atoms with E-state index in [1.165, 1.54) is 11.1 Å². The van der Waals surface area contributed by atoms with Gasteiger partial charge in [-0.25, -0.2) is 8.42 Å². The third kappa shape index (κ3) is 12.4. The summed E-state index contributed by atoms with van der Waals surface area (Å²) < 4.78 is 29.3. The second-order valence-electron chi connectivity index (χ2n) is 1.09. The van der Waals surface area contributed by atoms with Crippen LogP contribution < -0.4 is 29.6 Å².